The van der Waals surface area contributed by atoms with Crippen molar-refractivity contribution < 1.29 is 19.4 Å². The molecule has 0 spiro atoms. The largest absolute Gasteiger partial charge is 0.504 e. The number of nitrogens with one attached hydrogen (secondary N) is 2. The number of carbonyl (C=O) groups excluding carboxylic acids is 2. The van der Waals surface area contributed by atoms with Crippen LogP contribution in [0.25, 0.3) is 0 Å². The van der Waals surface area contributed by atoms with Gasteiger partial charge in [-0.05, 0) is 29.3 Å². The Kier molecular flexibility index (Phi) is 7.17. The highest BCUT2D eigenvalue weighted by Gasteiger charge is 2.06. The van der Waals surface area contributed by atoms with Crippen LogP contribution in [0.1, 0.15) is 24.0 Å². The van der Waals surface area contributed by atoms with Crippen LogP contribution in [0.4, 0.5) is 0 Å². The lowest BCUT2D eigenvalue weighted by Crippen LogP contribution is -2.25. The number of nitrogens with zero attached hydrogens (tertiary/aromatic N) is 1. The van der Waals surface area contributed by atoms with Crippen molar-refractivity contribution in [3.63, 3.8) is 0 Å². The third kappa shape index (κ3) is 6.27. The van der Waals surface area contributed by atoms with E-state index in [4.69, 9.17) is 4.74 Å². The van der Waals surface area contributed by atoms with Crippen molar-refractivity contribution in [1.29, 1.82) is 0 Å². The van der Waals surface area contributed by atoms with E-state index < -0.39 is 0 Å². The minimum Gasteiger partial charge on any atom is -0.504 e. The minimum absolute atomic E-state index is 0.0233. The molecule has 0 aliphatic carbocycles. The third-order valence-corrected chi connectivity index (χ3v) is 3.52. The molecule has 0 saturated carbocycles. The van der Waals surface area contributed by atoms with Crippen LogP contribution in [-0.2, 0) is 16.1 Å². The monoisotopic (exact) mass is 355 g/mol. The number of hydrogen-bond donors (Lipinski definition) is 3. The van der Waals surface area contributed by atoms with Crippen LogP contribution in [0.5, 0.6) is 11.5 Å². The number of phenolic OH excluding ortho intramolecular Hbond substituents is 1. The highest BCUT2D eigenvalue weighted by molar-refractivity contribution is 5.85. The highest BCUT2D eigenvalue weighted by atomic mass is 16.5. The van der Waals surface area contributed by atoms with E-state index >= 15 is 0 Å². The van der Waals surface area contributed by atoms with E-state index in [9.17, 15) is 14.7 Å². The molecule has 3 N–H and O–H groups in total. The van der Waals surface area contributed by atoms with Gasteiger partial charge in [-0.1, -0.05) is 30.3 Å². The van der Waals surface area contributed by atoms with Gasteiger partial charge in [0.15, 0.2) is 11.5 Å². The predicted molar refractivity (Wildman–Crippen MR) is 97.9 cm³/mol. The Labute approximate surface area is 151 Å². The smallest absolute Gasteiger partial charge is 0.240 e. The second-order valence-corrected chi connectivity index (χ2v) is 5.49. The van der Waals surface area contributed by atoms with E-state index in [1.165, 1.54) is 19.4 Å². The lowest BCUT2D eigenvalue weighted by molar-refractivity contribution is -0.126. The van der Waals surface area contributed by atoms with Crippen LogP contribution in [0.15, 0.2) is 53.6 Å². The van der Waals surface area contributed by atoms with Crippen molar-refractivity contribution in [3.8, 4) is 11.5 Å². The average Bonchev–Trinajstić information content (AvgIpc) is 2.66. The molecule has 0 atom stereocenters. The number of hydrogen-bond acceptors (Lipinski definition) is 5. The number of amides is 2. The molecule has 2 amide bonds. The van der Waals surface area contributed by atoms with Gasteiger partial charge in [-0.3, -0.25) is 9.59 Å². The molecule has 26 heavy (non-hydrogen) atoms. The van der Waals surface area contributed by atoms with Gasteiger partial charge in [-0.2, -0.15) is 5.10 Å². The number of rotatable bonds is 8. The average molecular weight is 355 g/mol. The minimum atomic E-state index is -0.359. The molecule has 2 aromatic rings. The number of benzene rings is 2. The van der Waals surface area contributed by atoms with Crippen LogP contribution < -0.4 is 15.5 Å². The van der Waals surface area contributed by atoms with Gasteiger partial charge in [-0.15, -0.1) is 0 Å². The molecule has 2 aromatic carbocycles. The predicted octanol–water partition coefficient (Wildman–Crippen LogP) is 1.95. The van der Waals surface area contributed by atoms with Crippen molar-refractivity contribution in [3.05, 3.63) is 59.7 Å². The Morgan fingerprint density at radius 2 is 1.85 bits per heavy atom. The van der Waals surface area contributed by atoms with Gasteiger partial charge in [0, 0.05) is 19.4 Å². The van der Waals surface area contributed by atoms with Gasteiger partial charge in [0.2, 0.25) is 11.8 Å². The second-order valence-electron chi connectivity index (χ2n) is 5.49. The van der Waals surface area contributed by atoms with Crippen LogP contribution >= 0.6 is 0 Å². The summed E-state index contributed by atoms with van der Waals surface area (Å²) in [5, 5.41) is 16.1. The number of ether oxygens (including phenoxy) is 1. The number of carbonyl (C=O) groups is 2. The molecule has 0 heterocycles. The van der Waals surface area contributed by atoms with Gasteiger partial charge >= 0.3 is 0 Å². The Hall–Kier alpha value is -3.35. The molecule has 7 heteroatoms. The fourth-order valence-electron chi connectivity index (χ4n) is 2.12. The summed E-state index contributed by atoms with van der Waals surface area (Å²) in [4.78, 5) is 23.5. The first-order valence-corrected chi connectivity index (χ1v) is 8.08. The molecule has 0 radical (unpaired) electrons. The molecule has 136 valence electrons. The van der Waals surface area contributed by atoms with Crippen LogP contribution in [0.3, 0.4) is 0 Å². The number of hydrazone groups is 1. The molecular weight excluding hydrogens is 334 g/mol. The molecule has 0 aliphatic rings. The van der Waals surface area contributed by atoms with Gasteiger partial charge in [0.05, 0.1) is 13.3 Å². The van der Waals surface area contributed by atoms with E-state index in [0.717, 1.165) is 5.56 Å². The zero-order chi connectivity index (χ0) is 18.8. The summed E-state index contributed by atoms with van der Waals surface area (Å²) in [6.45, 7) is 0.433. The van der Waals surface area contributed by atoms with Gasteiger partial charge in [0.25, 0.3) is 0 Å². The normalized spacial score (nSPS) is 10.5. The maximum absolute atomic E-state index is 11.8. The zero-order valence-corrected chi connectivity index (χ0v) is 14.4. The van der Waals surface area contributed by atoms with E-state index in [0.29, 0.717) is 17.9 Å². The van der Waals surface area contributed by atoms with Crippen molar-refractivity contribution in [2.75, 3.05) is 7.11 Å². The Morgan fingerprint density at radius 3 is 2.58 bits per heavy atom. The molecule has 0 unspecified atom stereocenters. The molecule has 0 aliphatic heterocycles. The summed E-state index contributed by atoms with van der Waals surface area (Å²) >= 11 is 0. The maximum atomic E-state index is 11.8. The first-order valence-electron chi connectivity index (χ1n) is 8.08. The zero-order valence-electron chi connectivity index (χ0n) is 14.4. The molecule has 0 saturated heterocycles. The first kappa shape index (κ1) is 19.0. The van der Waals surface area contributed by atoms with Gasteiger partial charge in [0.1, 0.15) is 0 Å². The van der Waals surface area contributed by atoms with Crippen LogP contribution in [0, 0.1) is 0 Å². The molecule has 0 fully saturated rings. The summed E-state index contributed by atoms with van der Waals surface area (Å²) < 4.78 is 4.99. The Balaban J connectivity index is 1.70. The summed E-state index contributed by atoms with van der Waals surface area (Å²) in [5.74, 6) is -0.219. The van der Waals surface area contributed by atoms with Crippen molar-refractivity contribution in [2.45, 2.75) is 19.4 Å². The lowest BCUT2D eigenvalue weighted by Gasteiger charge is -2.05. The Bertz CT molecular complexity index is 776. The summed E-state index contributed by atoms with van der Waals surface area (Å²) in [7, 11) is 1.45. The number of phenols is 1. The fourth-order valence-corrected chi connectivity index (χ4v) is 2.12. The van der Waals surface area contributed by atoms with Crippen LogP contribution in [-0.4, -0.2) is 30.2 Å². The third-order valence-electron chi connectivity index (χ3n) is 3.52. The fraction of sp³-hybridized carbons (Fsp3) is 0.211. The summed E-state index contributed by atoms with van der Waals surface area (Å²) in [6, 6.07) is 14.2. The maximum Gasteiger partial charge on any atom is 0.240 e. The van der Waals surface area contributed by atoms with E-state index in [1.807, 2.05) is 30.3 Å². The van der Waals surface area contributed by atoms with Gasteiger partial charge < -0.3 is 15.2 Å². The second kappa shape index (κ2) is 9.83. The molecular formula is C19H21N3O4. The highest BCUT2D eigenvalue weighted by Crippen LogP contribution is 2.25. The van der Waals surface area contributed by atoms with E-state index in [1.54, 1.807) is 12.1 Å². The quantitative estimate of drug-likeness (QED) is 0.498. The lowest BCUT2D eigenvalue weighted by atomic mass is 10.2. The molecule has 7 nitrogen and oxygen atoms in total. The van der Waals surface area contributed by atoms with Gasteiger partial charge in [-0.25, -0.2) is 5.43 Å². The first-order chi connectivity index (χ1) is 12.6. The summed E-state index contributed by atoms with van der Waals surface area (Å²) in [6.07, 6.45) is 1.55. The van der Waals surface area contributed by atoms with Crippen molar-refractivity contribution in [2.24, 2.45) is 5.10 Å². The van der Waals surface area contributed by atoms with Crippen LogP contribution in [0.2, 0.25) is 0 Å². The molecule has 0 bridgehead atoms. The SMILES string of the molecule is COc1cc(C=NNC(=O)CCC(=O)NCc2ccccc2)ccc1O. The molecule has 2 rings (SSSR count). The van der Waals surface area contributed by atoms with Crippen molar-refractivity contribution >= 4 is 18.0 Å². The van der Waals surface area contributed by atoms with E-state index in [-0.39, 0.29) is 30.4 Å². The number of aromatic hydroxyl groups is 1. The molecule has 0 aromatic heterocycles. The van der Waals surface area contributed by atoms with Crippen molar-refractivity contribution in [1.82, 2.24) is 10.7 Å². The number of methoxy groups -OCH3 is 1. The Morgan fingerprint density at radius 1 is 1.12 bits per heavy atom. The standard InChI is InChI=1S/C19H21N3O4/c1-26-17-11-15(7-8-16(17)23)13-21-22-19(25)10-9-18(24)20-12-14-5-3-2-4-6-14/h2-8,11,13,23H,9-10,12H2,1H3,(H,20,24)(H,22,25). The summed E-state index contributed by atoms with van der Waals surface area (Å²) in [5.41, 5.74) is 4.01. The van der Waals surface area contributed by atoms with E-state index in [2.05, 4.69) is 15.8 Å². The topological polar surface area (TPSA) is 100 Å².